The van der Waals surface area contributed by atoms with Crippen LogP contribution in [-0.2, 0) is 17.4 Å². The molecule has 0 radical (unpaired) electrons. The Hall–Kier alpha value is -2.45. The van der Waals surface area contributed by atoms with E-state index in [1.54, 1.807) is 19.1 Å². The molecule has 1 aliphatic heterocycles. The Morgan fingerprint density at radius 2 is 1.87 bits per heavy atom. The Labute approximate surface area is 176 Å². The van der Waals surface area contributed by atoms with Crippen molar-refractivity contribution >= 4 is 17.5 Å². The lowest BCUT2D eigenvalue weighted by molar-refractivity contribution is -0.137. The molecule has 0 aromatic heterocycles. The lowest BCUT2D eigenvalue weighted by Crippen LogP contribution is -2.39. The molecular weight excluding hydrogens is 423 g/mol. The molecule has 162 valence electrons. The smallest absolute Gasteiger partial charge is 0.416 e. The van der Waals surface area contributed by atoms with Gasteiger partial charge in [-0.3, -0.25) is 4.79 Å². The minimum absolute atomic E-state index is 0.00735. The summed E-state index contributed by atoms with van der Waals surface area (Å²) in [4.78, 5) is 12.5. The molecule has 1 amide bonds. The van der Waals surface area contributed by atoms with Crippen LogP contribution in [0.15, 0.2) is 36.4 Å². The van der Waals surface area contributed by atoms with Crippen molar-refractivity contribution in [1.82, 2.24) is 5.32 Å². The summed E-state index contributed by atoms with van der Waals surface area (Å²) in [6, 6.07) is 6.86. The van der Waals surface area contributed by atoms with E-state index in [9.17, 15) is 23.1 Å². The average Bonchev–Trinajstić information content (AvgIpc) is 2.71. The molecule has 9 heteroatoms. The molecular formula is C21H21ClF3NO4. The third kappa shape index (κ3) is 5.17. The van der Waals surface area contributed by atoms with Gasteiger partial charge in [-0.05, 0) is 41.8 Å². The molecule has 0 saturated carbocycles. The van der Waals surface area contributed by atoms with Crippen molar-refractivity contribution in [3.63, 3.8) is 0 Å². The van der Waals surface area contributed by atoms with Crippen LogP contribution in [0.2, 0.25) is 5.02 Å². The minimum atomic E-state index is -4.45. The predicted molar refractivity (Wildman–Crippen MR) is 105 cm³/mol. The monoisotopic (exact) mass is 443 g/mol. The first-order valence-electron chi connectivity index (χ1n) is 9.41. The van der Waals surface area contributed by atoms with Gasteiger partial charge in [-0.25, -0.2) is 0 Å². The highest BCUT2D eigenvalue weighted by molar-refractivity contribution is 6.32. The Morgan fingerprint density at radius 3 is 2.50 bits per heavy atom. The fraction of sp³-hybridized carbons (Fsp3) is 0.381. The Bertz CT molecular complexity index is 902. The predicted octanol–water partition coefficient (Wildman–Crippen LogP) is 4.30. The van der Waals surface area contributed by atoms with Crippen LogP contribution in [0.1, 0.15) is 36.1 Å². The van der Waals surface area contributed by atoms with Crippen LogP contribution in [0.5, 0.6) is 11.5 Å². The number of alkyl halides is 3. The number of amides is 1. The van der Waals surface area contributed by atoms with E-state index in [1.807, 2.05) is 0 Å². The van der Waals surface area contributed by atoms with E-state index < -0.39 is 23.9 Å². The Balaban J connectivity index is 1.66. The van der Waals surface area contributed by atoms with Gasteiger partial charge < -0.3 is 19.9 Å². The van der Waals surface area contributed by atoms with Crippen LogP contribution in [0.4, 0.5) is 13.2 Å². The maximum Gasteiger partial charge on any atom is 0.416 e. The van der Waals surface area contributed by atoms with Crippen molar-refractivity contribution in [2.24, 2.45) is 0 Å². The summed E-state index contributed by atoms with van der Waals surface area (Å²) < 4.78 is 49.1. The summed E-state index contributed by atoms with van der Waals surface area (Å²) in [7, 11) is 0. The van der Waals surface area contributed by atoms with Crippen molar-refractivity contribution in [1.29, 1.82) is 0 Å². The largest absolute Gasteiger partial charge is 0.486 e. The molecule has 2 atom stereocenters. The van der Waals surface area contributed by atoms with Gasteiger partial charge in [-0.1, -0.05) is 30.7 Å². The number of carbonyl (C=O) groups excluding carboxylic acids is 1. The van der Waals surface area contributed by atoms with E-state index in [2.05, 4.69) is 5.32 Å². The van der Waals surface area contributed by atoms with Crippen LogP contribution in [0.25, 0.3) is 0 Å². The third-order valence-electron chi connectivity index (χ3n) is 4.77. The van der Waals surface area contributed by atoms with Gasteiger partial charge in [0.25, 0.3) is 0 Å². The van der Waals surface area contributed by atoms with Gasteiger partial charge >= 0.3 is 6.18 Å². The average molecular weight is 444 g/mol. The molecule has 3 rings (SSSR count). The van der Waals surface area contributed by atoms with Gasteiger partial charge in [-0.15, -0.1) is 0 Å². The highest BCUT2D eigenvalue weighted by atomic mass is 35.5. The molecule has 0 fully saturated rings. The first kappa shape index (κ1) is 22.2. The van der Waals surface area contributed by atoms with Gasteiger partial charge in [-0.2, -0.15) is 13.2 Å². The molecule has 1 heterocycles. The van der Waals surface area contributed by atoms with Crippen LogP contribution in [0.3, 0.4) is 0 Å². The van der Waals surface area contributed by atoms with Crippen molar-refractivity contribution in [3.05, 3.63) is 58.1 Å². The quantitative estimate of drug-likeness (QED) is 0.698. The number of carbonyl (C=O) groups is 1. The molecule has 0 unspecified atom stereocenters. The van der Waals surface area contributed by atoms with E-state index >= 15 is 0 Å². The number of fused-ring (bicyclic) bond motifs is 1. The highest BCUT2D eigenvalue weighted by Crippen LogP contribution is 2.38. The topological polar surface area (TPSA) is 67.8 Å². The summed E-state index contributed by atoms with van der Waals surface area (Å²) in [5.74, 6) is 0.546. The molecule has 30 heavy (non-hydrogen) atoms. The molecule has 0 aliphatic carbocycles. The summed E-state index contributed by atoms with van der Waals surface area (Å²) in [5.41, 5.74) is 0.101. The normalized spacial score (nSPS) is 15.4. The standard InChI is InChI=1S/C21H21ClF3NO4/c1-2-16(19(28)13-3-5-14(6-4-13)21(23,24)25)26-18(27)11-12-9-15(22)20-17(10-12)29-7-8-30-20/h3-6,9-10,16,19,28H,2,7-8,11H2,1H3,(H,26,27)/t16-,19-/m1/s1. The van der Waals surface area contributed by atoms with Crippen LogP contribution in [-0.4, -0.2) is 30.3 Å². The van der Waals surface area contributed by atoms with Crippen molar-refractivity contribution < 1.29 is 32.5 Å². The Kier molecular flexibility index (Phi) is 6.77. The number of ether oxygens (including phenoxy) is 2. The molecule has 2 aromatic carbocycles. The highest BCUT2D eigenvalue weighted by Gasteiger charge is 2.31. The number of aliphatic hydroxyl groups excluding tert-OH is 1. The molecule has 2 aromatic rings. The SMILES string of the molecule is CC[C@@H](NC(=O)Cc1cc(Cl)c2c(c1)OCCO2)[C@H](O)c1ccc(C(F)(F)F)cc1. The van der Waals surface area contributed by atoms with E-state index in [0.29, 0.717) is 41.7 Å². The van der Waals surface area contributed by atoms with Gasteiger partial charge in [0.15, 0.2) is 11.5 Å². The van der Waals surface area contributed by atoms with E-state index in [1.165, 1.54) is 12.1 Å². The van der Waals surface area contributed by atoms with Crippen LogP contribution in [0, 0.1) is 0 Å². The van der Waals surface area contributed by atoms with Gasteiger partial charge in [0.2, 0.25) is 5.91 Å². The molecule has 0 spiro atoms. The van der Waals surface area contributed by atoms with E-state index in [0.717, 1.165) is 12.1 Å². The number of hydrogen-bond acceptors (Lipinski definition) is 4. The molecule has 2 N–H and O–H groups in total. The first-order valence-corrected chi connectivity index (χ1v) is 9.79. The zero-order valence-electron chi connectivity index (χ0n) is 16.1. The van der Waals surface area contributed by atoms with E-state index in [-0.39, 0.29) is 17.9 Å². The summed E-state index contributed by atoms with van der Waals surface area (Å²) in [6.07, 6.45) is -5.22. The third-order valence-corrected chi connectivity index (χ3v) is 5.05. The molecule has 1 aliphatic rings. The zero-order chi connectivity index (χ0) is 21.9. The van der Waals surface area contributed by atoms with Crippen molar-refractivity contribution in [2.45, 2.75) is 38.1 Å². The number of halogens is 4. The maximum atomic E-state index is 12.7. The maximum absolute atomic E-state index is 12.7. The van der Waals surface area contributed by atoms with Crippen molar-refractivity contribution in [2.75, 3.05) is 13.2 Å². The fourth-order valence-corrected chi connectivity index (χ4v) is 3.50. The molecule has 0 saturated heterocycles. The molecule has 5 nitrogen and oxygen atoms in total. The number of hydrogen-bond donors (Lipinski definition) is 2. The van der Waals surface area contributed by atoms with Crippen LogP contribution >= 0.6 is 11.6 Å². The van der Waals surface area contributed by atoms with Gasteiger partial charge in [0, 0.05) is 0 Å². The van der Waals surface area contributed by atoms with Crippen LogP contribution < -0.4 is 14.8 Å². The summed E-state index contributed by atoms with van der Waals surface area (Å²) in [6.45, 7) is 2.54. The summed E-state index contributed by atoms with van der Waals surface area (Å²) >= 11 is 6.18. The van der Waals surface area contributed by atoms with Gasteiger partial charge in [0.1, 0.15) is 13.2 Å². The second-order valence-electron chi connectivity index (χ2n) is 6.93. The summed E-state index contributed by atoms with van der Waals surface area (Å²) in [5, 5.41) is 13.6. The molecule has 0 bridgehead atoms. The van der Waals surface area contributed by atoms with Gasteiger partial charge in [0.05, 0.1) is 29.2 Å². The second-order valence-corrected chi connectivity index (χ2v) is 7.33. The zero-order valence-corrected chi connectivity index (χ0v) is 16.9. The van der Waals surface area contributed by atoms with E-state index in [4.69, 9.17) is 21.1 Å². The number of aliphatic hydroxyl groups is 1. The minimum Gasteiger partial charge on any atom is -0.486 e. The first-order chi connectivity index (χ1) is 14.2. The number of benzene rings is 2. The van der Waals surface area contributed by atoms with Crippen molar-refractivity contribution in [3.8, 4) is 11.5 Å². The second kappa shape index (κ2) is 9.14. The number of nitrogens with one attached hydrogen (secondary N) is 1. The Morgan fingerprint density at radius 1 is 1.20 bits per heavy atom. The lowest BCUT2D eigenvalue weighted by Gasteiger charge is -2.24. The lowest BCUT2D eigenvalue weighted by atomic mass is 9.98. The fourth-order valence-electron chi connectivity index (χ4n) is 3.22. The number of rotatable bonds is 6.